The minimum Gasteiger partial charge on any atom is -0.493 e. The van der Waals surface area contributed by atoms with Gasteiger partial charge in [-0.3, -0.25) is 0 Å². The maximum absolute atomic E-state index is 13.1. The number of hydrogen-bond donors (Lipinski definition) is 1. The first-order chi connectivity index (χ1) is 13.7. The summed E-state index contributed by atoms with van der Waals surface area (Å²) >= 11 is 3.62. The van der Waals surface area contributed by atoms with Crippen LogP contribution in [0.4, 0.5) is 4.39 Å². The minimum atomic E-state index is -0.247. The van der Waals surface area contributed by atoms with Crippen LogP contribution in [0.3, 0.4) is 0 Å². The van der Waals surface area contributed by atoms with Crippen LogP contribution in [0.5, 0.6) is 11.5 Å². The molecule has 3 nitrogen and oxygen atoms in total. The van der Waals surface area contributed by atoms with Crippen molar-refractivity contribution in [3.8, 4) is 11.5 Å². The van der Waals surface area contributed by atoms with Crippen molar-refractivity contribution >= 4 is 28.3 Å². The Kier molecular flexibility index (Phi) is 10.3. The molecule has 0 aromatic heterocycles. The van der Waals surface area contributed by atoms with Crippen LogP contribution in [0, 0.1) is 5.82 Å². The number of halogens is 3. The minimum absolute atomic E-state index is 0. The Balaban J connectivity index is 0.00000300. The Labute approximate surface area is 187 Å². The average molecular weight is 487 g/mol. The Morgan fingerprint density at radius 3 is 2.31 bits per heavy atom. The molecule has 2 aromatic rings. The van der Waals surface area contributed by atoms with Crippen LogP contribution in [-0.4, -0.2) is 13.2 Å². The Morgan fingerprint density at radius 1 is 1.00 bits per heavy atom. The quantitative estimate of drug-likeness (QED) is 0.467. The lowest BCUT2D eigenvalue weighted by Crippen LogP contribution is -2.29. The number of benzene rings is 2. The first kappa shape index (κ1) is 24.0. The van der Waals surface area contributed by atoms with E-state index in [0.717, 1.165) is 16.6 Å². The summed E-state index contributed by atoms with van der Waals surface area (Å²) in [5.74, 6) is 1.12. The van der Waals surface area contributed by atoms with Crippen molar-refractivity contribution in [2.45, 2.75) is 64.1 Å². The SMILES string of the molecule is COc1cc(CNC2CCCCCCC2)cc(Br)c1OCc1ccc(F)cc1.Cl. The van der Waals surface area contributed by atoms with Crippen molar-refractivity contribution in [2.75, 3.05) is 7.11 Å². The fourth-order valence-corrected chi connectivity index (χ4v) is 4.28. The highest BCUT2D eigenvalue weighted by molar-refractivity contribution is 9.10. The van der Waals surface area contributed by atoms with Gasteiger partial charge >= 0.3 is 0 Å². The summed E-state index contributed by atoms with van der Waals surface area (Å²) in [6, 6.07) is 11.0. The van der Waals surface area contributed by atoms with E-state index in [1.165, 1.54) is 62.6 Å². The van der Waals surface area contributed by atoms with Crippen molar-refractivity contribution < 1.29 is 13.9 Å². The van der Waals surface area contributed by atoms with E-state index in [1.807, 2.05) is 6.07 Å². The summed E-state index contributed by atoms with van der Waals surface area (Å²) in [7, 11) is 1.65. The number of ether oxygens (including phenoxy) is 2. The Morgan fingerprint density at radius 2 is 1.66 bits per heavy atom. The molecule has 0 radical (unpaired) electrons. The van der Waals surface area contributed by atoms with Crippen LogP contribution in [-0.2, 0) is 13.2 Å². The Bertz CT molecular complexity index is 749. The lowest BCUT2D eigenvalue weighted by Gasteiger charge is -2.21. The molecule has 160 valence electrons. The molecule has 0 bridgehead atoms. The largest absolute Gasteiger partial charge is 0.493 e. The van der Waals surface area contributed by atoms with E-state index < -0.39 is 0 Å². The van der Waals surface area contributed by atoms with Gasteiger partial charge in [-0.25, -0.2) is 4.39 Å². The summed E-state index contributed by atoms with van der Waals surface area (Å²) in [4.78, 5) is 0. The first-order valence-electron chi connectivity index (χ1n) is 10.1. The molecule has 1 aliphatic carbocycles. The molecule has 1 aliphatic rings. The molecule has 0 heterocycles. The van der Waals surface area contributed by atoms with Gasteiger partial charge in [-0.05, 0) is 64.2 Å². The zero-order valence-corrected chi connectivity index (χ0v) is 19.3. The topological polar surface area (TPSA) is 30.5 Å². The van der Waals surface area contributed by atoms with Crippen LogP contribution >= 0.6 is 28.3 Å². The molecule has 29 heavy (non-hydrogen) atoms. The van der Waals surface area contributed by atoms with Gasteiger partial charge in [-0.2, -0.15) is 0 Å². The summed E-state index contributed by atoms with van der Waals surface area (Å²) in [6.07, 6.45) is 9.27. The van der Waals surface area contributed by atoms with Crippen LogP contribution in [0.1, 0.15) is 56.1 Å². The fraction of sp³-hybridized carbons (Fsp3) is 0.478. The van der Waals surface area contributed by atoms with Gasteiger partial charge in [0.15, 0.2) is 11.5 Å². The van der Waals surface area contributed by atoms with E-state index in [4.69, 9.17) is 9.47 Å². The fourth-order valence-electron chi connectivity index (χ4n) is 3.67. The zero-order chi connectivity index (χ0) is 19.8. The second-order valence-corrected chi connectivity index (χ2v) is 8.30. The predicted molar refractivity (Wildman–Crippen MR) is 122 cm³/mol. The molecule has 1 N–H and O–H groups in total. The summed E-state index contributed by atoms with van der Waals surface area (Å²) in [6.45, 7) is 1.17. The Hall–Kier alpha value is -1.30. The highest BCUT2D eigenvalue weighted by atomic mass is 79.9. The van der Waals surface area contributed by atoms with Gasteiger partial charge in [-0.15, -0.1) is 12.4 Å². The first-order valence-corrected chi connectivity index (χ1v) is 10.9. The maximum atomic E-state index is 13.1. The van der Waals surface area contributed by atoms with E-state index in [2.05, 4.69) is 27.3 Å². The summed E-state index contributed by atoms with van der Waals surface area (Å²) < 4.78 is 25.4. The van der Waals surface area contributed by atoms with Crippen LogP contribution in [0.2, 0.25) is 0 Å². The van der Waals surface area contributed by atoms with Gasteiger partial charge < -0.3 is 14.8 Å². The molecule has 0 saturated heterocycles. The summed E-state index contributed by atoms with van der Waals surface area (Å²) in [5.41, 5.74) is 2.07. The van der Waals surface area contributed by atoms with Crippen LogP contribution < -0.4 is 14.8 Å². The molecule has 1 saturated carbocycles. The highest BCUT2D eigenvalue weighted by Crippen LogP contribution is 2.37. The van der Waals surface area contributed by atoms with Crippen molar-refractivity contribution in [3.05, 3.63) is 57.8 Å². The van der Waals surface area contributed by atoms with E-state index in [0.29, 0.717) is 24.1 Å². The second-order valence-electron chi connectivity index (χ2n) is 7.45. The zero-order valence-electron chi connectivity index (χ0n) is 16.9. The molecule has 0 spiro atoms. The van der Waals surface area contributed by atoms with Crippen molar-refractivity contribution in [1.29, 1.82) is 0 Å². The van der Waals surface area contributed by atoms with Crippen molar-refractivity contribution in [3.63, 3.8) is 0 Å². The smallest absolute Gasteiger partial charge is 0.175 e. The maximum Gasteiger partial charge on any atom is 0.175 e. The van der Waals surface area contributed by atoms with Gasteiger partial charge in [0.05, 0.1) is 11.6 Å². The van der Waals surface area contributed by atoms with E-state index in [-0.39, 0.29) is 18.2 Å². The second kappa shape index (κ2) is 12.4. The molecule has 3 rings (SSSR count). The van der Waals surface area contributed by atoms with Gasteiger partial charge in [0.25, 0.3) is 0 Å². The van der Waals surface area contributed by atoms with Gasteiger partial charge in [-0.1, -0.05) is 44.2 Å². The molecule has 2 aromatic carbocycles. The van der Waals surface area contributed by atoms with Crippen molar-refractivity contribution in [2.24, 2.45) is 0 Å². The highest BCUT2D eigenvalue weighted by Gasteiger charge is 2.14. The van der Waals surface area contributed by atoms with Crippen LogP contribution in [0.25, 0.3) is 0 Å². The molecule has 1 fully saturated rings. The monoisotopic (exact) mass is 485 g/mol. The van der Waals surface area contributed by atoms with E-state index in [9.17, 15) is 4.39 Å². The number of hydrogen-bond acceptors (Lipinski definition) is 3. The third kappa shape index (κ3) is 7.47. The molecule has 6 heteroatoms. The molecule has 0 aliphatic heterocycles. The number of methoxy groups -OCH3 is 1. The third-order valence-electron chi connectivity index (χ3n) is 5.29. The molecule has 0 amide bonds. The van der Waals surface area contributed by atoms with Crippen LogP contribution in [0.15, 0.2) is 40.9 Å². The average Bonchev–Trinajstić information content (AvgIpc) is 2.67. The molecular weight excluding hydrogens is 457 g/mol. The lowest BCUT2D eigenvalue weighted by atomic mass is 9.96. The predicted octanol–water partition coefficient (Wildman–Crippen LogP) is 6.80. The normalized spacial score (nSPS) is 15.1. The molecule has 0 unspecified atom stereocenters. The number of rotatable bonds is 7. The van der Waals surface area contributed by atoms with E-state index in [1.54, 1.807) is 19.2 Å². The van der Waals surface area contributed by atoms with Gasteiger partial charge in [0, 0.05) is 12.6 Å². The van der Waals surface area contributed by atoms with Gasteiger partial charge in [0.2, 0.25) is 0 Å². The number of nitrogens with one attached hydrogen (secondary N) is 1. The van der Waals surface area contributed by atoms with Gasteiger partial charge in [0.1, 0.15) is 12.4 Å². The molecular formula is C23H30BrClFNO2. The summed E-state index contributed by atoms with van der Waals surface area (Å²) in [5, 5.41) is 3.71. The standard InChI is InChI=1S/C23H29BrFNO2.ClH/c1-27-22-14-18(15-26-20-7-5-3-2-4-6-8-20)13-21(24)23(22)28-16-17-9-11-19(25)12-10-17;/h9-14,20,26H,2-8,15-16H2,1H3;1H. The van der Waals surface area contributed by atoms with Crippen molar-refractivity contribution in [1.82, 2.24) is 5.32 Å². The van der Waals surface area contributed by atoms with E-state index >= 15 is 0 Å². The molecule has 0 atom stereocenters. The lowest BCUT2D eigenvalue weighted by molar-refractivity contribution is 0.282. The third-order valence-corrected chi connectivity index (χ3v) is 5.87.